The molecule has 5 heteroatoms. The van der Waals surface area contributed by atoms with Gasteiger partial charge < -0.3 is 0 Å². The van der Waals surface area contributed by atoms with Crippen molar-refractivity contribution in [3.8, 4) is 0 Å². The molecule has 4 nitrogen and oxygen atoms in total. The molecule has 0 unspecified atom stereocenters. The third-order valence-electron chi connectivity index (χ3n) is 3.89. The number of allylic oxidation sites excluding steroid dienone is 1. The molecule has 0 aromatic heterocycles. The van der Waals surface area contributed by atoms with E-state index < -0.39 is 10.0 Å². The Bertz CT molecular complexity index is 742. The maximum Gasteiger partial charge on any atom is 0.243 e. The van der Waals surface area contributed by atoms with Crippen molar-refractivity contribution in [2.45, 2.75) is 24.7 Å². The summed E-state index contributed by atoms with van der Waals surface area (Å²) in [6.45, 7) is 2.66. The van der Waals surface area contributed by atoms with E-state index in [2.05, 4.69) is 0 Å². The van der Waals surface area contributed by atoms with Gasteiger partial charge in [0.2, 0.25) is 10.0 Å². The SMILES string of the molecule is Cc1ccc(S(=O)(=O)N2CCC=C3CC(=O)C=C3C2)cc1. The van der Waals surface area contributed by atoms with Gasteiger partial charge in [-0.1, -0.05) is 23.8 Å². The van der Waals surface area contributed by atoms with Gasteiger partial charge in [0.05, 0.1) is 4.90 Å². The summed E-state index contributed by atoms with van der Waals surface area (Å²) in [5, 5.41) is 0. The lowest BCUT2D eigenvalue weighted by Gasteiger charge is -2.20. The first-order chi connectivity index (χ1) is 9.96. The first kappa shape index (κ1) is 14.2. The Morgan fingerprint density at radius 3 is 2.52 bits per heavy atom. The predicted molar refractivity (Wildman–Crippen MR) is 80.3 cm³/mol. The summed E-state index contributed by atoms with van der Waals surface area (Å²) in [6, 6.07) is 6.87. The quantitative estimate of drug-likeness (QED) is 0.842. The number of hydrogen-bond acceptors (Lipinski definition) is 3. The summed E-state index contributed by atoms with van der Waals surface area (Å²) < 4.78 is 26.9. The van der Waals surface area contributed by atoms with Gasteiger partial charge in [0, 0.05) is 19.5 Å². The molecule has 1 aromatic carbocycles. The van der Waals surface area contributed by atoms with Crippen LogP contribution in [0.3, 0.4) is 0 Å². The van der Waals surface area contributed by atoms with Gasteiger partial charge >= 0.3 is 0 Å². The molecule has 0 radical (unpaired) electrons. The molecule has 0 saturated heterocycles. The van der Waals surface area contributed by atoms with Crippen LogP contribution >= 0.6 is 0 Å². The number of carbonyl (C=O) groups excluding carboxylic acids is 1. The fourth-order valence-corrected chi connectivity index (χ4v) is 4.14. The van der Waals surface area contributed by atoms with Crippen LogP contribution in [0.15, 0.2) is 52.5 Å². The highest BCUT2D eigenvalue weighted by Crippen LogP contribution is 2.29. The van der Waals surface area contributed by atoms with Crippen molar-refractivity contribution in [2.75, 3.05) is 13.1 Å². The normalized spacial score (nSPS) is 19.8. The molecule has 1 aromatic rings. The number of hydrogen-bond donors (Lipinski definition) is 0. The number of benzene rings is 1. The van der Waals surface area contributed by atoms with E-state index in [9.17, 15) is 13.2 Å². The van der Waals surface area contributed by atoms with Crippen LogP contribution in [0.2, 0.25) is 0 Å². The minimum absolute atomic E-state index is 0.0610. The average Bonchev–Trinajstić information content (AvgIpc) is 2.66. The first-order valence-corrected chi connectivity index (χ1v) is 8.40. The molecule has 2 aliphatic rings. The molecule has 0 spiro atoms. The smallest absolute Gasteiger partial charge is 0.243 e. The highest BCUT2D eigenvalue weighted by Gasteiger charge is 2.29. The van der Waals surface area contributed by atoms with Gasteiger partial charge in [-0.2, -0.15) is 4.31 Å². The van der Waals surface area contributed by atoms with Crippen molar-refractivity contribution >= 4 is 15.8 Å². The first-order valence-electron chi connectivity index (χ1n) is 6.96. The van der Waals surface area contributed by atoms with Crippen LogP contribution in [0, 0.1) is 6.92 Å². The summed E-state index contributed by atoms with van der Waals surface area (Å²) in [5.74, 6) is 0.0610. The van der Waals surface area contributed by atoms with Crippen LogP contribution in [0.5, 0.6) is 0 Å². The van der Waals surface area contributed by atoms with Crippen molar-refractivity contribution in [1.29, 1.82) is 0 Å². The summed E-state index contributed by atoms with van der Waals surface area (Å²) in [5.41, 5.74) is 2.85. The molecular weight excluding hydrogens is 286 g/mol. The fourth-order valence-electron chi connectivity index (χ4n) is 2.71. The number of ketones is 1. The van der Waals surface area contributed by atoms with Crippen LogP contribution in [-0.4, -0.2) is 31.6 Å². The number of rotatable bonds is 2. The zero-order chi connectivity index (χ0) is 15.0. The van der Waals surface area contributed by atoms with Crippen LogP contribution in [0.25, 0.3) is 0 Å². The Balaban J connectivity index is 1.91. The lowest BCUT2D eigenvalue weighted by atomic mass is 10.1. The van der Waals surface area contributed by atoms with Gasteiger partial charge in [0.1, 0.15) is 0 Å². The largest absolute Gasteiger partial charge is 0.294 e. The topological polar surface area (TPSA) is 54.5 Å². The van der Waals surface area contributed by atoms with Gasteiger partial charge in [-0.05, 0) is 42.7 Å². The third kappa shape index (κ3) is 2.71. The minimum Gasteiger partial charge on any atom is -0.294 e. The Hall–Kier alpha value is -1.72. The predicted octanol–water partition coefficient (Wildman–Crippen LogP) is 2.22. The lowest BCUT2D eigenvalue weighted by Crippen LogP contribution is -2.32. The van der Waals surface area contributed by atoms with E-state index in [1.165, 1.54) is 4.31 Å². The summed E-state index contributed by atoms with van der Waals surface area (Å²) >= 11 is 0. The van der Waals surface area contributed by atoms with Gasteiger partial charge in [-0.15, -0.1) is 0 Å². The fraction of sp³-hybridized carbons (Fsp3) is 0.312. The molecule has 21 heavy (non-hydrogen) atoms. The Morgan fingerprint density at radius 1 is 1.10 bits per heavy atom. The second-order valence-corrected chi connectivity index (χ2v) is 7.42. The second kappa shape index (κ2) is 5.24. The van der Waals surface area contributed by atoms with E-state index in [1.807, 2.05) is 13.0 Å². The second-order valence-electron chi connectivity index (χ2n) is 5.48. The summed E-state index contributed by atoms with van der Waals surface area (Å²) in [7, 11) is -3.51. The molecule has 110 valence electrons. The maximum absolute atomic E-state index is 12.7. The molecule has 0 saturated carbocycles. The Kier molecular flexibility index (Phi) is 3.55. The number of nitrogens with zero attached hydrogens (tertiary/aromatic N) is 1. The molecular formula is C16H17NO3S. The van der Waals surface area contributed by atoms with E-state index in [-0.39, 0.29) is 12.3 Å². The maximum atomic E-state index is 12.7. The van der Waals surface area contributed by atoms with E-state index in [0.717, 1.165) is 16.7 Å². The molecule has 0 amide bonds. The molecule has 3 rings (SSSR count). The zero-order valence-corrected chi connectivity index (χ0v) is 12.7. The van der Waals surface area contributed by atoms with Crippen LogP contribution < -0.4 is 0 Å². The van der Waals surface area contributed by atoms with E-state index in [4.69, 9.17) is 0 Å². The zero-order valence-electron chi connectivity index (χ0n) is 11.9. The molecule has 1 aliphatic heterocycles. The van der Waals surface area contributed by atoms with Crippen LogP contribution in [0.4, 0.5) is 0 Å². The molecule has 0 bridgehead atoms. The molecule has 1 aliphatic carbocycles. The highest BCUT2D eigenvalue weighted by molar-refractivity contribution is 7.89. The Labute approximate surface area is 124 Å². The van der Waals surface area contributed by atoms with Crippen molar-refractivity contribution in [3.05, 3.63) is 53.1 Å². The standard InChI is InChI=1S/C16H17NO3S/c1-12-4-6-16(7-5-12)21(19,20)17-8-2-3-13-9-15(18)10-14(13)11-17/h3-7,10H,2,8-9,11H2,1H3. The number of fused-ring (bicyclic) bond motifs is 1. The number of aryl methyl sites for hydroxylation is 1. The van der Waals surface area contributed by atoms with Crippen molar-refractivity contribution in [3.63, 3.8) is 0 Å². The molecule has 0 atom stereocenters. The lowest BCUT2D eigenvalue weighted by molar-refractivity contribution is -0.113. The molecule has 0 fully saturated rings. The van der Waals surface area contributed by atoms with E-state index >= 15 is 0 Å². The van der Waals surface area contributed by atoms with Gasteiger partial charge in [-0.25, -0.2) is 8.42 Å². The van der Waals surface area contributed by atoms with Crippen molar-refractivity contribution < 1.29 is 13.2 Å². The third-order valence-corrected chi connectivity index (χ3v) is 5.75. The number of sulfonamides is 1. The molecule has 1 heterocycles. The summed E-state index contributed by atoms with van der Waals surface area (Å²) in [4.78, 5) is 11.8. The van der Waals surface area contributed by atoms with Crippen LogP contribution in [0.1, 0.15) is 18.4 Å². The molecule has 0 N–H and O–H groups in total. The van der Waals surface area contributed by atoms with E-state index in [1.54, 1.807) is 30.3 Å². The van der Waals surface area contributed by atoms with Crippen molar-refractivity contribution in [1.82, 2.24) is 4.31 Å². The van der Waals surface area contributed by atoms with Gasteiger partial charge in [0.15, 0.2) is 5.78 Å². The van der Waals surface area contributed by atoms with Gasteiger partial charge in [-0.3, -0.25) is 4.79 Å². The van der Waals surface area contributed by atoms with E-state index in [0.29, 0.717) is 24.3 Å². The van der Waals surface area contributed by atoms with Gasteiger partial charge in [0.25, 0.3) is 0 Å². The monoisotopic (exact) mass is 303 g/mol. The van der Waals surface area contributed by atoms with Crippen molar-refractivity contribution in [2.24, 2.45) is 0 Å². The number of carbonyl (C=O) groups is 1. The summed E-state index contributed by atoms with van der Waals surface area (Å²) in [6.07, 6.45) is 4.62. The minimum atomic E-state index is -3.51. The van der Waals surface area contributed by atoms with Crippen LogP contribution in [-0.2, 0) is 14.8 Å². The Morgan fingerprint density at radius 2 is 1.81 bits per heavy atom. The highest BCUT2D eigenvalue weighted by atomic mass is 32.2. The average molecular weight is 303 g/mol.